The maximum atomic E-state index is 10.2. The molecule has 9 heteroatoms. The van der Waals surface area contributed by atoms with Crippen LogP contribution in [0.5, 0.6) is 0 Å². The van der Waals surface area contributed by atoms with Crippen molar-refractivity contribution in [3.63, 3.8) is 0 Å². The number of aliphatic hydroxyl groups is 1. The molecule has 1 fully saturated rings. The van der Waals surface area contributed by atoms with Crippen LogP contribution >= 0.6 is 0 Å². The van der Waals surface area contributed by atoms with Gasteiger partial charge >= 0.3 is 0 Å². The molecule has 0 aromatic carbocycles. The summed E-state index contributed by atoms with van der Waals surface area (Å²) >= 11 is 0. The smallest absolute Gasteiger partial charge is 0.134 e. The predicted molar refractivity (Wildman–Crippen MR) is 106 cm³/mol. The van der Waals surface area contributed by atoms with Crippen LogP contribution in [0, 0.1) is 0 Å². The Morgan fingerprint density at radius 1 is 1.36 bits per heavy atom. The Kier molecular flexibility index (Phi) is 5.47. The van der Waals surface area contributed by atoms with Gasteiger partial charge in [0.05, 0.1) is 25.0 Å². The number of aliphatic hydroxyl groups excluding tert-OH is 1. The van der Waals surface area contributed by atoms with Gasteiger partial charge in [-0.3, -0.25) is 4.68 Å². The number of nitrogens with one attached hydrogen (secondary N) is 1. The molecule has 1 saturated heterocycles. The molecule has 0 saturated carbocycles. The molecule has 0 bridgehead atoms. The van der Waals surface area contributed by atoms with Crippen LogP contribution in [0.1, 0.15) is 23.4 Å². The zero-order valence-corrected chi connectivity index (χ0v) is 16.8. The van der Waals surface area contributed by atoms with Crippen molar-refractivity contribution in [2.45, 2.75) is 38.1 Å². The molecule has 0 spiro atoms. The quantitative estimate of drug-likeness (QED) is 0.720. The molecule has 0 aliphatic carbocycles. The van der Waals surface area contributed by atoms with Crippen LogP contribution < -0.4 is 15.1 Å². The van der Waals surface area contributed by atoms with Gasteiger partial charge in [-0.15, -0.1) is 0 Å². The van der Waals surface area contributed by atoms with Crippen LogP contribution in [0.4, 0.5) is 11.6 Å². The zero-order valence-electron chi connectivity index (χ0n) is 16.8. The largest absolute Gasteiger partial charge is 0.391 e. The Hall–Kier alpha value is -2.23. The van der Waals surface area contributed by atoms with Crippen LogP contribution in [0.25, 0.3) is 0 Å². The number of aromatic nitrogens is 4. The lowest BCUT2D eigenvalue weighted by Gasteiger charge is -2.26. The first-order chi connectivity index (χ1) is 13.5. The van der Waals surface area contributed by atoms with Crippen molar-refractivity contribution in [3.05, 3.63) is 29.3 Å². The Morgan fingerprint density at radius 2 is 2.21 bits per heavy atom. The standard InChI is InChI=1S/C19H29N7O2/c1-24(2)18-7-19(22-12-21-18)26-10-14(27)6-13(26)8-20-9-16-15-11-28-5-4-17(15)25(3)23-16/h7,12-14,20,27H,4-6,8-11H2,1-3H3/t13-,14-/m1/s1. The SMILES string of the molecule is CN(C)c1cc(N2C[C@H](O)C[C@@H]2CNCc2nn(C)c3c2COCC3)ncn1. The number of aryl methyl sites for hydroxylation is 1. The first kappa shape index (κ1) is 19.1. The molecule has 4 rings (SSSR count). The number of hydrogen-bond donors (Lipinski definition) is 2. The Balaban J connectivity index is 1.42. The molecule has 0 amide bonds. The van der Waals surface area contributed by atoms with E-state index in [2.05, 4.69) is 25.3 Å². The summed E-state index contributed by atoms with van der Waals surface area (Å²) in [6.45, 7) is 3.44. The van der Waals surface area contributed by atoms with E-state index < -0.39 is 0 Å². The van der Waals surface area contributed by atoms with E-state index in [9.17, 15) is 5.11 Å². The van der Waals surface area contributed by atoms with Gasteiger partial charge in [0.2, 0.25) is 0 Å². The van der Waals surface area contributed by atoms with Crippen LogP contribution in [-0.2, 0) is 31.4 Å². The third-order valence-electron chi connectivity index (χ3n) is 5.54. The highest BCUT2D eigenvalue weighted by molar-refractivity contribution is 5.51. The van der Waals surface area contributed by atoms with Gasteiger partial charge in [0, 0.05) is 70.6 Å². The third kappa shape index (κ3) is 3.82. The highest BCUT2D eigenvalue weighted by Crippen LogP contribution is 2.26. The minimum Gasteiger partial charge on any atom is -0.391 e. The fraction of sp³-hybridized carbons (Fsp3) is 0.632. The highest BCUT2D eigenvalue weighted by Gasteiger charge is 2.32. The minimum absolute atomic E-state index is 0.177. The lowest BCUT2D eigenvalue weighted by molar-refractivity contribution is 0.108. The fourth-order valence-electron chi connectivity index (χ4n) is 4.09. The normalized spacial score (nSPS) is 21.8. The van der Waals surface area contributed by atoms with Crippen molar-refractivity contribution in [3.8, 4) is 0 Å². The zero-order chi connectivity index (χ0) is 19.7. The van der Waals surface area contributed by atoms with Gasteiger partial charge in [-0.05, 0) is 6.42 Å². The van der Waals surface area contributed by atoms with E-state index >= 15 is 0 Å². The van der Waals surface area contributed by atoms with Gasteiger partial charge < -0.3 is 25.0 Å². The highest BCUT2D eigenvalue weighted by atomic mass is 16.5. The number of β-amino-alcohol motifs (C(OH)–C–C–N with tert-alkyl or cyclic N) is 1. The van der Waals surface area contributed by atoms with Crippen molar-refractivity contribution < 1.29 is 9.84 Å². The molecule has 0 unspecified atom stereocenters. The van der Waals surface area contributed by atoms with Gasteiger partial charge in [0.15, 0.2) is 0 Å². The lowest BCUT2D eigenvalue weighted by Crippen LogP contribution is -2.38. The number of fused-ring (bicyclic) bond motifs is 1. The fourth-order valence-corrected chi connectivity index (χ4v) is 4.09. The summed E-state index contributed by atoms with van der Waals surface area (Å²) in [6, 6.07) is 2.15. The lowest BCUT2D eigenvalue weighted by atomic mass is 10.1. The molecule has 4 heterocycles. The Morgan fingerprint density at radius 3 is 3.04 bits per heavy atom. The van der Waals surface area contributed by atoms with Gasteiger partial charge in [-0.25, -0.2) is 9.97 Å². The molecule has 2 aromatic heterocycles. The molecule has 152 valence electrons. The summed E-state index contributed by atoms with van der Waals surface area (Å²) in [7, 11) is 5.92. The van der Waals surface area contributed by atoms with E-state index in [-0.39, 0.29) is 12.1 Å². The molecule has 0 radical (unpaired) electrons. The van der Waals surface area contributed by atoms with Crippen molar-refractivity contribution in [1.82, 2.24) is 25.1 Å². The third-order valence-corrected chi connectivity index (χ3v) is 5.54. The van der Waals surface area contributed by atoms with E-state index in [0.29, 0.717) is 19.7 Å². The molecule has 2 aliphatic heterocycles. The maximum Gasteiger partial charge on any atom is 0.134 e. The number of nitrogens with zero attached hydrogens (tertiary/aromatic N) is 6. The van der Waals surface area contributed by atoms with E-state index in [1.54, 1.807) is 6.33 Å². The van der Waals surface area contributed by atoms with Gasteiger partial charge in [0.1, 0.15) is 18.0 Å². The second-order valence-electron chi connectivity index (χ2n) is 7.75. The molecule has 2 N–H and O–H groups in total. The molecular formula is C19H29N7O2. The first-order valence-electron chi connectivity index (χ1n) is 9.79. The summed E-state index contributed by atoms with van der Waals surface area (Å²) in [5.41, 5.74) is 3.55. The van der Waals surface area contributed by atoms with Crippen molar-refractivity contribution >= 4 is 11.6 Å². The van der Waals surface area contributed by atoms with Crippen LogP contribution in [0.15, 0.2) is 12.4 Å². The average Bonchev–Trinajstić information content (AvgIpc) is 3.22. The minimum atomic E-state index is -0.347. The second kappa shape index (κ2) is 8.02. The number of rotatable bonds is 6. The number of ether oxygens (including phenoxy) is 1. The Bertz CT molecular complexity index is 823. The van der Waals surface area contributed by atoms with Crippen molar-refractivity contribution in [1.29, 1.82) is 0 Å². The molecule has 2 aliphatic rings. The van der Waals surface area contributed by atoms with E-state index in [1.807, 2.05) is 36.8 Å². The van der Waals surface area contributed by atoms with Crippen LogP contribution in [0.3, 0.4) is 0 Å². The summed E-state index contributed by atoms with van der Waals surface area (Å²) in [4.78, 5) is 12.8. The molecule has 9 nitrogen and oxygen atoms in total. The van der Waals surface area contributed by atoms with Gasteiger partial charge in [0.25, 0.3) is 0 Å². The average molecular weight is 387 g/mol. The van der Waals surface area contributed by atoms with Gasteiger partial charge in [-0.2, -0.15) is 5.10 Å². The van der Waals surface area contributed by atoms with Crippen molar-refractivity contribution in [2.75, 3.05) is 43.6 Å². The summed E-state index contributed by atoms with van der Waals surface area (Å²) in [5, 5.41) is 18.4. The topological polar surface area (TPSA) is 91.6 Å². The van der Waals surface area contributed by atoms with Crippen molar-refractivity contribution in [2.24, 2.45) is 7.05 Å². The molecule has 28 heavy (non-hydrogen) atoms. The monoisotopic (exact) mass is 387 g/mol. The summed E-state index contributed by atoms with van der Waals surface area (Å²) in [6.07, 6.45) is 2.88. The number of anilines is 2. The van der Waals surface area contributed by atoms with E-state index in [0.717, 1.165) is 43.3 Å². The van der Waals surface area contributed by atoms with Crippen LogP contribution in [0.2, 0.25) is 0 Å². The maximum absolute atomic E-state index is 10.2. The molecular weight excluding hydrogens is 358 g/mol. The summed E-state index contributed by atoms with van der Waals surface area (Å²) in [5.74, 6) is 1.71. The molecule has 2 aromatic rings. The van der Waals surface area contributed by atoms with Gasteiger partial charge in [-0.1, -0.05) is 0 Å². The van der Waals surface area contributed by atoms with Crippen LogP contribution in [-0.4, -0.2) is 70.8 Å². The first-order valence-corrected chi connectivity index (χ1v) is 9.79. The second-order valence-corrected chi connectivity index (χ2v) is 7.75. The van der Waals surface area contributed by atoms with E-state index in [1.165, 1.54) is 11.3 Å². The van der Waals surface area contributed by atoms with E-state index in [4.69, 9.17) is 4.74 Å². The molecule has 2 atom stereocenters. The Labute approximate surface area is 165 Å². The predicted octanol–water partition coefficient (Wildman–Crippen LogP) is 0.0782. The summed E-state index contributed by atoms with van der Waals surface area (Å²) < 4.78 is 7.58. The number of hydrogen-bond acceptors (Lipinski definition) is 8.